The molecule has 0 aliphatic heterocycles. The predicted octanol–water partition coefficient (Wildman–Crippen LogP) is 2.20. The number of hydrogen-bond donors (Lipinski definition) is 1. The summed E-state index contributed by atoms with van der Waals surface area (Å²) in [6.07, 6.45) is 0.767. The zero-order chi connectivity index (χ0) is 13.4. The Hall–Kier alpha value is -1.75. The molecule has 0 bridgehead atoms. The lowest BCUT2D eigenvalue weighted by Crippen LogP contribution is -2.05. The van der Waals surface area contributed by atoms with Gasteiger partial charge in [0, 0.05) is 20.1 Å². The van der Waals surface area contributed by atoms with Crippen molar-refractivity contribution in [2.24, 2.45) is 0 Å². The Morgan fingerprint density at radius 2 is 2.00 bits per heavy atom. The van der Waals surface area contributed by atoms with Gasteiger partial charge in [-0.3, -0.25) is 0 Å². The highest BCUT2D eigenvalue weighted by Gasteiger charge is 2.10. The van der Waals surface area contributed by atoms with Crippen LogP contribution in [0.15, 0.2) is 18.2 Å². The summed E-state index contributed by atoms with van der Waals surface area (Å²) in [5.41, 5.74) is 0.183. The van der Waals surface area contributed by atoms with Gasteiger partial charge in [-0.2, -0.15) is 0 Å². The number of hydrogen-bond acceptors (Lipinski definition) is 4. The molecule has 18 heavy (non-hydrogen) atoms. The van der Waals surface area contributed by atoms with E-state index in [0.717, 1.165) is 6.42 Å². The zero-order valence-corrected chi connectivity index (χ0v) is 10.6. The van der Waals surface area contributed by atoms with Gasteiger partial charge in [0.25, 0.3) is 0 Å². The van der Waals surface area contributed by atoms with Gasteiger partial charge in [-0.25, -0.2) is 4.79 Å². The molecule has 1 aromatic rings. The second kappa shape index (κ2) is 7.55. The quantitative estimate of drug-likeness (QED) is 0.720. The maximum atomic E-state index is 10.9. The fraction of sp³-hybridized carbons (Fsp3) is 0.462. The summed E-state index contributed by atoms with van der Waals surface area (Å²) >= 11 is 0. The lowest BCUT2D eigenvalue weighted by molar-refractivity contribution is 0.0696. The molecule has 0 atom stereocenters. The van der Waals surface area contributed by atoms with E-state index in [1.165, 1.54) is 12.1 Å². The molecule has 5 heteroatoms. The van der Waals surface area contributed by atoms with Gasteiger partial charge in [-0.15, -0.1) is 0 Å². The minimum atomic E-state index is -0.984. The zero-order valence-electron chi connectivity index (χ0n) is 10.6. The minimum Gasteiger partial charge on any atom is -0.490 e. The van der Waals surface area contributed by atoms with Crippen molar-refractivity contribution in [3.8, 4) is 11.5 Å². The highest BCUT2D eigenvalue weighted by molar-refractivity contribution is 5.88. The van der Waals surface area contributed by atoms with Crippen LogP contribution in [0, 0.1) is 0 Å². The van der Waals surface area contributed by atoms with Gasteiger partial charge in [0.15, 0.2) is 11.5 Å². The lowest BCUT2D eigenvalue weighted by atomic mass is 10.2. The normalized spacial score (nSPS) is 10.1. The number of benzene rings is 1. The van der Waals surface area contributed by atoms with Crippen molar-refractivity contribution in [2.75, 3.05) is 26.9 Å². The monoisotopic (exact) mass is 254 g/mol. The van der Waals surface area contributed by atoms with Crippen molar-refractivity contribution < 1.29 is 24.1 Å². The second-order valence-corrected chi connectivity index (χ2v) is 3.59. The SMILES string of the molecule is CCOc1cc(C(=O)O)ccc1OCCCOC. The average molecular weight is 254 g/mol. The van der Waals surface area contributed by atoms with Crippen molar-refractivity contribution in [1.29, 1.82) is 0 Å². The van der Waals surface area contributed by atoms with E-state index in [2.05, 4.69) is 0 Å². The largest absolute Gasteiger partial charge is 0.490 e. The standard InChI is InChI=1S/C13H18O5/c1-3-17-12-9-10(13(14)15)5-6-11(12)18-8-4-7-16-2/h5-6,9H,3-4,7-8H2,1-2H3,(H,14,15). The minimum absolute atomic E-state index is 0.183. The van der Waals surface area contributed by atoms with Crippen molar-refractivity contribution in [3.63, 3.8) is 0 Å². The van der Waals surface area contributed by atoms with Crippen LogP contribution in [0.3, 0.4) is 0 Å². The molecule has 0 spiro atoms. The molecule has 0 fully saturated rings. The van der Waals surface area contributed by atoms with Crippen LogP contribution in [-0.2, 0) is 4.74 Å². The molecule has 0 amide bonds. The van der Waals surface area contributed by atoms with Gasteiger partial charge in [-0.05, 0) is 25.1 Å². The maximum Gasteiger partial charge on any atom is 0.335 e. The molecule has 0 aliphatic carbocycles. The molecule has 0 radical (unpaired) electrons. The second-order valence-electron chi connectivity index (χ2n) is 3.59. The highest BCUT2D eigenvalue weighted by atomic mass is 16.5. The van der Waals surface area contributed by atoms with Crippen molar-refractivity contribution in [3.05, 3.63) is 23.8 Å². The Kier molecular flexibility index (Phi) is 6.00. The first-order valence-electron chi connectivity index (χ1n) is 5.81. The van der Waals surface area contributed by atoms with Crippen molar-refractivity contribution in [2.45, 2.75) is 13.3 Å². The average Bonchev–Trinajstić information content (AvgIpc) is 2.36. The van der Waals surface area contributed by atoms with E-state index in [1.54, 1.807) is 13.2 Å². The third-order valence-corrected chi connectivity index (χ3v) is 2.24. The van der Waals surface area contributed by atoms with Crippen molar-refractivity contribution >= 4 is 5.97 Å². The molecule has 0 saturated carbocycles. The Bertz CT molecular complexity index is 389. The Morgan fingerprint density at radius 1 is 1.22 bits per heavy atom. The molecule has 0 aromatic heterocycles. The number of methoxy groups -OCH3 is 1. The number of aromatic carboxylic acids is 1. The third kappa shape index (κ3) is 4.25. The summed E-state index contributed by atoms with van der Waals surface area (Å²) < 4.78 is 15.8. The van der Waals surface area contributed by atoms with E-state index < -0.39 is 5.97 Å². The summed E-state index contributed by atoms with van der Waals surface area (Å²) in [6.45, 7) is 3.41. The van der Waals surface area contributed by atoms with E-state index in [1.807, 2.05) is 6.92 Å². The van der Waals surface area contributed by atoms with Gasteiger partial charge < -0.3 is 19.3 Å². The van der Waals surface area contributed by atoms with Crippen LogP contribution < -0.4 is 9.47 Å². The molecule has 0 unspecified atom stereocenters. The van der Waals surface area contributed by atoms with Crippen LogP contribution in [0.1, 0.15) is 23.7 Å². The van der Waals surface area contributed by atoms with Gasteiger partial charge in [0.05, 0.1) is 18.8 Å². The molecule has 5 nitrogen and oxygen atoms in total. The van der Waals surface area contributed by atoms with Gasteiger partial charge in [0.2, 0.25) is 0 Å². The van der Waals surface area contributed by atoms with Gasteiger partial charge in [-0.1, -0.05) is 0 Å². The highest BCUT2D eigenvalue weighted by Crippen LogP contribution is 2.28. The lowest BCUT2D eigenvalue weighted by Gasteiger charge is -2.12. The smallest absolute Gasteiger partial charge is 0.335 e. The van der Waals surface area contributed by atoms with E-state index in [9.17, 15) is 4.79 Å². The van der Waals surface area contributed by atoms with Gasteiger partial charge in [0.1, 0.15) is 0 Å². The topological polar surface area (TPSA) is 65.0 Å². The molecular formula is C13H18O5. The fourth-order valence-electron chi connectivity index (χ4n) is 1.41. The first-order chi connectivity index (χ1) is 8.69. The number of ether oxygens (including phenoxy) is 3. The summed E-state index contributed by atoms with van der Waals surface area (Å²) in [4.78, 5) is 10.9. The first-order valence-corrected chi connectivity index (χ1v) is 5.81. The number of rotatable bonds is 8. The predicted molar refractivity (Wildman–Crippen MR) is 66.6 cm³/mol. The molecule has 1 N–H and O–H groups in total. The van der Waals surface area contributed by atoms with E-state index >= 15 is 0 Å². The molecule has 0 heterocycles. The number of carbonyl (C=O) groups is 1. The Morgan fingerprint density at radius 3 is 2.61 bits per heavy atom. The van der Waals surface area contributed by atoms with Crippen LogP contribution in [-0.4, -0.2) is 38.0 Å². The van der Waals surface area contributed by atoms with Gasteiger partial charge >= 0.3 is 5.97 Å². The summed E-state index contributed by atoms with van der Waals surface area (Å²) in [7, 11) is 1.63. The number of carboxylic acids is 1. The maximum absolute atomic E-state index is 10.9. The van der Waals surface area contributed by atoms with Crippen LogP contribution >= 0.6 is 0 Å². The first kappa shape index (κ1) is 14.3. The molecule has 1 aromatic carbocycles. The molecule has 0 aliphatic rings. The van der Waals surface area contributed by atoms with Crippen LogP contribution in [0.4, 0.5) is 0 Å². The molecule has 1 rings (SSSR count). The third-order valence-electron chi connectivity index (χ3n) is 2.24. The van der Waals surface area contributed by atoms with Crippen molar-refractivity contribution in [1.82, 2.24) is 0 Å². The van der Waals surface area contributed by atoms with E-state index in [4.69, 9.17) is 19.3 Å². The van der Waals surface area contributed by atoms with E-state index in [0.29, 0.717) is 31.3 Å². The van der Waals surface area contributed by atoms with E-state index in [-0.39, 0.29) is 5.56 Å². The fourth-order valence-corrected chi connectivity index (χ4v) is 1.41. The summed E-state index contributed by atoms with van der Waals surface area (Å²) in [5, 5.41) is 8.90. The molecular weight excluding hydrogens is 236 g/mol. The molecule has 0 saturated heterocycles. The van der Waals surface area contributed by atoms with Crippen LogP contribution in [0.25, 0.3) is 0 Å². The Balaban J connectivity index is 2.73. The van der Waals surface area contributed by atoms with Crippen LogP contribution in [0.5, 0.6) is 11.5 Å². The summed E-state index contributed by atoms with van der Waals surface area (Å²) in [6, 6.07) is 4.58. The molecule has 100 valence electrons. The summed E-state index contributed by atoms with van der Waals surface area (Å²) in [5.74, 6) is 0.0228. The van der Waals surface area contributed by atoms with Crippen LogP contribution in [0.2, 0.25) is 0 Å². The Labute approximate surface area is 106 Å². The number of carboxylic acid groups (broad SMARTS) is 1.